The maximum atomic E-state index is 12.6. The van der Waals surface area contributed by atoms with E-state index in [1.54, 1.807) is 19.1 Å². The molecule has 1 heterocycles. The molecule has 5 nitrogen and oxygen atoms in total. The Bertz CT molecular complexity index is 1250. The monoisotopic (exact) mass is 404 g/mol. The molecule has 0 bridgehead atoms. The van der Waals surface area contributed by atoms with Crippen LogP contribution in [0.2, 0.25) is 0 Å². The highest BCUT2D eigenvalue weighted by atomic mass is 32.2. The summed E-state index contributed by atoms with van der Waals surface area (Å²) >= 11 is 0. The van der Waals surface area contributed by atoms with Crippen LogP contribution in [0.3, 0.4) is 0 Å². The van der Waals surface area contributed by atoms with E-state index in [-0.39, 0.29) is 10.8 Å². The number of benzene rings is 3. The van der Waals surface area contributed by atoms with Crippen molar-refractivity contribution < 1.29 is 12.9 Å². The van der Waals surface area contributed by atoms with Crippen molar-refractivity contribution in [3.8, 4) is 22.3 Å². The van der Waals surface area contributed by atoms with Crippen molar-refractivity contribution in [2.24, 2.45) is 0 Å². The summed E-state index contributed by atoms with van der Waals surface area (Å²) in [5.41, 5.74) is 5.98. The van der Waals surface area contributed by atoms with E-state index in [1.807, 2.05) is 30.3 Å². The van der Waals surface area contributed by atoms with Crippen molar-refractivity contribution in [3.05, 3.63) is 90.1 Å². The van der Waals surface area contributed by atoms with Gasteiger partial charge in [-0.15, -0.1) is 0 Å². The lowest BCUT2D eigenvalue weighted by Crippen LogP contribution is -2.12. The van der Waals surface area contributed by atoms with Gasteiger partial charge in [0.2, 0.25) is 5.88 Å². The third-order valence-corrected chi connectivity index (χ3v) is 5.96. The minimum atomic E-state index is -3.75. The normalized spacial score (nSPS) is 11.4. The topological polar surface area (TPSA) is 72.2 Å². The molecule has 6 heteroatoms. The first kappa shape index (κ1) is 19.0. The standard InChI is InChI=1S/C23H20N2O3S/c1-16-8-13-21(22(14-16)18-6-4-3-5-7-18)19-9-11-20(12-10-19)29(26,27)25-23-15-17(2)24-28-23/h3-15,25H,1-2H3. The van der Waals surface area contributed by atoms with Gasteiger partial charge in [-0.1, -0.05) is 71.4 Å². The number of nitrogens with zero attached hydrogens (tertiary/aromatic N) is 1. The Morgan fingerprint density at radius 1 is 0.793 bits per heavy atom. The van der Waals surface area contributed by atoms with Crippen molar-refractivity contribution >= 4 is 15.9 Å². The van der Waals surface area contributed by atoms with Gasteiger partial charge in [0.1, 0.15) is 0 Å². The van der Waals surface area contributed by atoms with Crippen LogP contribution in [-0.2, 0) is 10.0 Å². The second-order valence-electron chi connectivity index (χ2n) is 6.88. The summed E-state index contributed by atoms with van der Waals surface area (Å²) in [6.45, 7) is 3.78. The van der Waals surface area contributed by atoms with Gasteiger partial charge in [0, 0.05) is 6.07 Å². The number of anilines is 1. The van der Waals surface area contributed by atoms with E-state index in [9.17, 15) is 8.42 Å². The molecule has 0 spiro atoms. The summed E-state index contributed by atoms with van der Waals surface area (Å²) in [5, 5.41) is 3.69. The van der Waals surface area contributed by atoms with Gasteiger partial charge in [-0.3, -0.25) is 0 Å². The number of aromatic nitrogens is 1. The molecule has 3 aromatic carbocycles. The lowest BCUT2D eigenvalue weighted by molar-refractivity contribution is 0.430. The maximum absolute atomic E-state index is 12.6. The van der Waals surface area contributed by atoms with Crippen LogP contribution in [0.1, 0.15) is 11.3 Å². The molecule has 0 aliphatic carbocycles. The smallest absolute Gasteiger partial charge is 0.264 e. The van der Waals surface area contributed by atoms with Crippen molar-refractivity contribution in [1.82, 2.24) is 5.16 Å². The van der Waals surface area contributed by atoms with E-state index < -0.39 is 10.0 Å². The summed E-state index contributed by atoms with van der Waals surface area (Å²) in [5.74, 6) is 0.0940. The van der Waals surface area contributed by atoms with E-state index in [0.29, 0.717) is 5.69 Å². The van der Waals surface area contributed by atoms with E-state index >= 15 is 0 Å². The van der Waals surface area contributed by atoms with Gasteiger partial charge in [0.25, 0.3) is 10.0 Å². The molecule has 0 amide bonds. The summed E-state index contributed by atoms with van der Waals surface area (Å²) in [7, 11) is -3.75. The molecular weight excluding hydrogens is 384 g/mol. The third kappa shape index (κ3) is 4.07. The molecule has 0 fully saturated rings. The largest absolute Gasteiger partial charge is 0.338 e. The van der Waals surface area contributed by atoms with Gasteiger partial charge in [0.05, 0.1) is 10.6 Å². The minimum absolute atomic E-state index is 0.0940. The van der Waals surface area contributed by atoms with Gasteiger partial charge < -0.3 is 4.52 Å². The van der Waals surface area contributed by atoms with E-state index in [4.69, 9.17) is 4.52 Å². The lowest BCUT2D eigenvalue weighted by atomic mass is 9.93. The van der Waals surface area contributed by atoms with Crippen LogP contribution in [0.25, 0.3) is 22.3 Å². The molecule has 0 radical (unpaired) electrons. The first-order valence-corrected chi connectivity index (χ1v) is 10.6. The number of hydrogen-bond acceptors (Lipinski definition) is 4. The zero-order chi connectivity index (χ0) is 20.4. The van der Waals surface area contributed by atoms with E-state index in [0.717, 1.165) is 22.3 Å². The quantitative estimate of drug-likeness (QED) is 0.482. The molecule has 146 valence electrons. The van der Waals surface area contributed by atoms with Crippen molar-refractivity contribution in [1.29, 1.82) is 0 Å². The third-order valence-electron chi connectivity index (χ3n) is 4.60. The van der Waals surface area contributed by atoms with Crippen LogP contribution in [0.5, 0.6) is 0 Å². The fourth-order valence-corrected chi connectivity index (χ4v) is 4.16. The number of hydrogen-bond donors (Lipinski definition) is 1. The zero-order valence-electron chi connectivity index (χ0n) is 16.1. The van der Waals surface area contributed by atoms with E-state index in [2.05, 4.69) is 47.1 Å². The van der Waals surface area contributed by atoms with Crippen LogP contribution < -0.4 is 4.72 Å². The minimum Gasteiger partial charge on any atom is -0.338 e. The van der Waals surface area contributed by atoms with Gasteiger partial charge in [-0.25, -0.2) is 13.1 Å². The molecule has 4 rings (SSSR count). The molecule has 0 saturated heterocycles. The van der Waals surface area contributed by atoms with Crippen LogP contribution in [0.15, 0.2) is 88.3 Å². The molecule has 0 aliphatic heterocycles. The molecule has 0 saturated carbocycles. The summed E-state index contributed by atoms with van der Waals surface area (Å²) in [6, 6.07) is 24.8. The van der Waals surface area contributed by atoms with Crippen molar-refractivity contribution in [3.63, 3.8) is 0 Å². The van der Waals surface area contributed by atoms with Crippen LogP contribution in [-0.4, -0.2) is 13.6 Å². The summed E-state index contributed by atoms with van der Waals surface area (Å²) in [6.07, 6.45) is 0. The van der Waals surface area contributed by atoms with Crippen LogP contribution in [0, 0.1) is 13.8 Å². The first-order valence-electron chi connectivity index (χ1n) is 9.15. The maximum Gasteiger partial charge on any atom is 0.264 e. The first-order chi connectivity index (χ1) is 13.9. The number of nitrogens with one attached hydrogen (secondary N) is 1. The van der Waals surface area contributed by atoms with Crippen LogP contribution >= 0.6 is 0 Å². The highest BCUT2D eigenvalue weighted by Gasteiger charge is 2.17. The number of rotatable bonds is 5. The van der Waals surface area contributed by atoms with Gasteiger partial charge >= 0.3 is 0 Å². The number of sulfonamides is 1. The number of aryl methyl sites for hydroxylation is 2. The average molecular weight is 404 g/mol. The lowest BCUT2D eigenvalue weighted by Gasteiger charge is -2.12. The highest BCUT2D eigenvalue weighted by Crippen LogP contribution is 2.33. The molecule has 1 N–H and O–H groups in total. The Balaban J connectivity index is 1.68. The Labute approximate surface area is 170 Å². The fourth-order valence-electron chi connectivity index (χ4n) is 3.18. The van der Waals surface area contributed by atoms with Gasteiger partial charge in [-0.05, 0) is 48.2 Å². The Hall–Kier alpha value is -3.38. The fraction of sp³-hybridized carbons (Fsp3) is 0.0870. The SMILES string of the molecule is Cc1ccc(-c2ccc(S(=O)(=O)Nc3cc(C)no3)cc2)c(-c2ccccc2)c1. The predicted molar refractivity (Wildman–Crippen MR) is 114 cm³/mol. The Kier molecular flexibility index (Phi) is 4.94. The molecular formula is C23H20N2O3S. The second kappa shape index (κ2) is 7.56. The summed E-state index contributed by atoms with van der Waals surface area (Å²) in [4.78, 5) is 0.156. The Morgan fingerprint density at radius 2 is 1.48 bits per heavy atom. The highest BCUT2D eigenvalue weighted by molar-refractivity contribution is 7.92. The van der Waals surface area contributed by atoms with E-state index in [1.165, 1.54) is 11.6 Å². The Morgan fingerprint density at radius 3 is 2.14 bits per heavy atom. The molecule has 0 unspecified atom stereocenters. The molecule has 0 aliphatic rings. The summed E-state index contributed by atoms with van der Waals surface area (Å²) < 4.78 is 32.5. The van der Waals surface area contributed by atoms with Crippen molar-refractivity contribution in [2.75, 3.05) is 4.72 Å². The predicted octanol–water partition coefficient (Wildman–Crippen LogP) is 5.43. The van der Waals surface area contributed by atoms with Gasteiger partial charge in [0.15, 0.2) is 0 Å². The van der Waals surface area contributed by atoms with Crippen LogP contribution in [0.4, 0.5) is 5.88 Å². The zero-order valence-corrected chi connectivity index (χ0v) is 16.9. The van der Waals surface area contributed by atoms with Crippen molar-refractivity contribution in [2.45, 2.75) is 18.7 Å². The average Bonchev–Trinajstić information content (AvgIpc) is 3.12. The molecule has 29 heavy (non-hydrogen) atoms. The molecule has 1 aromatic heterocycles. The molecule has 0 atom stereocenters. The molecule has 4 aromatic rings. The second-order valence-corrected chi connectivity index (χ2v) is 8.56. The van der Waals surface area contributed by atoms with Gasteiger partial charge in [-0.2, -0.15) is 0 Å².